The molecule has 0 amide bonds. The van der Waals surface area contributed by atoms with E-state index < -0.39 is 23.4 Å². The second kappa shape index (κ2) is 7.73. The van der Waals surface area contributed by atoms with Crippen molar-refractivity contribution in [1.29, 1.82) is 0 Å². The summed E-state index contributed by atoms with van der Waals surface area (Å²) in [6.07, 6.45) is 0. The van der Waals surface area contributed by atoms with Crippen molar-refractivity contribution in [3.63, 3.8) is 0 Å². The zero-order valence-electron chi connectivity index (χ0n) is 13.8. The average Bonchev–Trinajstić information content (AvgIpc) is 3.12. The largest absolute Gasteiger partial charge is 0.483 e. The maximum atomic E-state index is 13.6. The van der Waals surface area contributed by atoms with Crippen molar-refractivity contribution >= 4 is 5.97 Å². The fourth-order valence-corrected chi connectivity index (χ4v) is 2.31. The molecule has 0 aliphatic carbocycles. The van der Waals surface area contributed by atoms with Crippen molar-refractivity contribution in [2.75, 3.05) is 6.61 Å². The predicted molar refractivity (Wildman–Crippen MR) is 88.5 cm³/mol. The van der Waals surface area contributed by atoms with Crippen LogP contribution in [0.3, 0.4) is 0 Å². The Labute approximate surface area is 147 Å². The van der Waals surface area contributed by atoms with Crippen LogP contribution in [0, 0.1) is 11.6 Å². The van der Waals surface area contributed by atoms with Crippen LogP contribution in [-0.4, -0.2) is 28.0 Å². The smallest absolute Gasteiger partial charge is 0.361 e. The van der Waals surface area contributed by atoms with Crippen molar-refractivity contribution in [3.05, 3.63) is 65.4 Å². The second-order valence-electron chi connectivity index (χ2n) is 5.28. The lowest BCUT2D eigenvalue weighted by atomic mass is 10.1. The van der Waals surface area contributed by atoms with E-state index >= 15 is 0 Å². The van der Waals surface area contributed by atoms with Gasteiger partial charge in [0.1, 0.15) is 12.3 Å². The number of esters is 1. The van der Waals surface area contributed by atoms with E-state index in [4.69, 9.17) is 9.47 Å². The van der Waals surface area contributed by atoms with Gasteiger partial charge in [-0.1, -0.05) is 30.3 Å². The van der Waals surface area contributed by atoms with Gasteiger partial charge in [0, 0.05) is 5.56 Å². The van der Waals surface area contributed by atoms with Crippen LogP contribution in [0.15, 0.2) is 42.5 Å². The van der Waals surface area contributed by atoms with Gasteiger partial charge in [-0.3, -0.25) is 0 Å². The van der Waals surface area contributed by atoms with Crippen molar-refractivity contribution in [3.8, 4) is 17.0 Å². The number of halogens is 2. The Kier molecular flexibility index (Phi) is 5.21. The number of para-hydroxylation sites is 1. The molecule has 1 aromatic heterocycles. The first-order chi connectivity index (χ1) is 12.6. The Bertz CT molecular complexity index is 890. The Hall–Kier alpha value is -3.29. The molecule has 0 saturated carbocycles. The normalized spacial score (nSPS) is 10.6. The van der Waals surface area contributed by atoms with E-state index in [2.05, 4.69) is 15.4 Å². The minimum Gasteiger partial charge on any atom is -0.483 e. The standard InChI is InChI=1S/C18H15F2N3O3/c1-2-25-18(24)16-15(21-23-22-16)12-8-6-11(7-9-12)10-26-17-13(19)4-3-5-14(17)20/h3-9H,2,10H2,1H3,(H,21,22,23). The summed E-state index contributed by atoms with van der Waals surface area (Å²) in [7, 11) is 0. The van der Waals surface area contributed by atoms with E-state index in [1.165, 1.54) is 6.07 Å². The summed E-state index contributed by atoms with van der Waals surface area (Å²) in [6, 6.07) is 10.3. The summed E-state index contributed by atoms with van der Waals surface area (Å²) in [4.78, 5) is 11.9. The lowest BCUT2D eigenvalue weighted by Crippen LogP contribution is -2.06. The lowest BCUT2D eigenvalue weighted by Gasteiger charge is -2.08. The highest BCUT2D eigenvalue weighted by molar-refractivity contribution is 5.93. The topological polar surface area (TPSA) is 77.1 Å². The van der Waals surface area contributed by atoms with Crippen molar-refractivity contribution in [2.24, 2.45) is 0 Å². The molecule has 3 rings (SSSR count). The number of hydrogen-bond acceptors (Lipinski definition) is 5. The second-order valence-corrected chi connectivity index (χ2v) is 5.28. The van der Waals surface area contributed by atoms with Gasteiger partial charge in [-0.05, 0) is 24.6 Å². The van der Waals surface area contributed by atoms with Crippen molar-refractivity contribution in [2.45, 2.75) is 13.5 Å². The first kappa shape index (κ1) is 17.5. The molecule has 26 heavy (non-hydrogen) atoms. The minimum atomic E-state index is -0.761. The van der Waals surface area contributed by atoms with Gasteiger partial charge >= 0.3 is 5.97 Å². The van der Waals surface area contributed by atoms with E-state index in [9.17, 15) is 13.6 Å². The summed E-state index contributed by atoms with van der Waals surface area (Å²) >= 11 is 0. The van der Waals surface area contributed by atoms with Crippen molar-refractivity contribution in [1.82, 2.24) is 15.4 Å². The number of H-pyrrole nitrogens is 1. The molecule has 0 bridgehead atoms. The van der Waals surface area contributed by atoms with Crippen LogP contribution in [0.5, 0.6) is 5.75 Å². The quantitative estimate of drug-likeness (QED) is 0.682. The molecule has 3 aromatic rings. The van der Waals surface area contributed by atoms with Gasteiger partial charge in [0.25, 0.3) is 0 Å². The van der Waals surface area contributed by atoms with Gasteiger partial charge in [-0.2, -0.15) is 10.3 Å². The van der Waals surface area contributed by atoms with Crippen LogP contribution in [-0.2, 0) is 11.3 Å². The Morgan fingerprint density at radius 2 is 1.77 bits per heavy atom. The van der Waals surface area contributed by atoms with Gasteiger partial charge < -0.3 is 9.47 Å². The molecule has 0 unspecified atom stereocenters. The monoisotopic (exact) mass is 359 g/mol. The van der Waals surface area contributed by atoms with E-state index in [-0.39, 0.29) is 18.9 Å². The van der Waals surface area contributed by atoms with Gasteiger partial charge in [-0.25, -0.2) is 13.6 Å². The van der Waals surface area contributed by atoms with Crippen molar-refractivity contribution < 1.29 is 23.0 Å². The number of nitrogens with one attached hydrogen (secondary N) is 1. The third-order valence-electron chi connectivity index (χ3n) is 3.55. The number of rotatable bonds is 6. The number of aromatic amines is 1. The number of hydrogen-bond donors (Lipinski definition) is 1. The molecule has 0 fully saturated rings. The molecule has 0 aliphatic heterocycles. The fourth-order valence-electron chi connectivity index (χ4n) is 2.31. The summed E-state index contributed by atoms with van der Waals surface area (Å²) in [5, 5.41) is 10.2. The number of carbonyl (C=O) groups is 1. The third kappa shape index (κ3) is 3.69. The van der Waals surface area contributed by atoms with Gasteiger partial charge in [0.15, 0.2) is 23.1 Å². The molecule has 1 N–H and O–H groups in total. The summed E-state index contributed by atoms with van der Waals surface area (Å²) in [5.74, 6) is -2.51. The predicted octanol–water partition coefficient (Wildman–Crippen LogP) is 3.51. The number of aromatic nitrogens is 3. The number of benzene rings is 2. The molecule has 0 aliphatic rings. The number of ether oxygens (including phenoxy) is 2. The van der Waals surface area contributed by atoms with Crippen LogP contribution in [0.2, 0.25) is 0 Å². The first-order valence-corrected chi connectivity index (χ1v) is 7.84. The van der Waals surface area contributed by atoms with E-state index in [1.807, 2.05) is 0 Å². The highest BCUT2D eigenvalue weighted by Gasteiger charge is 2.19. The summed E-state index contributed by atoms with van der Waals surface area (Å²) < 4.78 is 37.3. The van der Waals surface area contributed by atoms with Gasteiger partial charge in [0.2, 0.25) is 0 Å². The minimum absolute atomic E-state index is 0.0122. The van der Waals surface area contributed by atoms with Crippen LogP contribution in [0.1, 0.15) is 23.0 Å². The Morgan fingerprint density at radius 3 is 2.42 bits per heavy atom. The molecule has 0 saturated heterocycles. The van der Waals surface area contributed by atoms with E-state index in [1.54, 1.807) is 31.2 Å². The van der Waals surface area contributed by atoms with Crippen LogP contribution in [0.4, 0.5) is 8.78 Å². The summed E-state index contributed by atoms with van der Waals surface area (Å²) in [5.41, 5.74) is 1.78. The SMILES string of the molecule is CCOC(=O)c1n[nH]nc1-c1ccc(COc2c(F)cccc2F)cc1. The van der Waals surface area contributed by atoms with Gasteiger partial charge in [-0.15, -0.1) is 5.10 Å². The van der Waals surface area contributed by atoms with Crippen LogP contribution < -0.4 is 4.74 Å². The average molecular weight is 359 g/mol. The maximum absolute atomic E-state index is 13.6. The number of nitrogens with zero attached hydrogens (tertiary/aromatic N) is 2. The maximum Gasteiger partial charge on any atom is 0.361 e. The third-order valence-corrected chi connectivity index (χ3v) is 3.55. The van der Waals surface area contributed by atoms with Gasteiger partial charge in [0.05, 0.1) is 6.61 Å². The molecular weight excluding hydrogens is 344 g/mol. The van der Waals surface area contributed by atoms with Crippen LogP contribution >= 0.6 is 0 Å². The molecule has 0 radical (unpaired) electrons. The van der Waals surface area contributed by atoms with E-state index in [0.717, 1.165) is 12.1 Å². The Balaban J connectivity index is 1.74. The molecule has 2 aromatic carbocycles. The van der Waals surface area contributed by atoms with Crippen LogP contribution in [0.25, 0.3) is 11.3 Å². The zero-order chi connectivity index (χ0) is 18.5. The molecule has 0 atom stereocenters. The molecule has 0 spiro atoms. The molecule has 8 heteroatoms. The zero-order valence-corrected chi connectivity index (χ0v) is 13.8. The fraction of sp³-hybridized carbons (Fsp3) is 0.167. The highest BCUT2D eigenvalue weighted by atomic mass is 19.1. The molecule has 6 nitrogen and oxygen atoms in total. The molecular formula is C18H15F2N3O3. The highest BCUT2D eigenvalue weighted by Crippen LogP contribution is 2.24. The summed E-state index contributed by atoms with van der Waals surface area (Å²) in [6.45, 7) is 1.92. The first-order valence-electron chi connectivity index (χ1n) is 7.84. The molecule has 1 heterocycles. The lowest BCUT2D eigenvalue weighted by molar-refractivity contribution is 0.0520. The Morgan fingerprint density at radius 1 is 1.08 bits per heavy atom. The van der Waals surface area contributed by atoms with E-state index in [0.29, 0.717) is 16.8 Å². The molecule has 134 valence electrons. The number of carbonyl (C=O) groups excluding carboxylic acids is 1.